The fourth-order valence-corrected chi connectivity index (χ4v) is 3.48. The molecule has 0 aliphatic heterocycles. The maximum atomic E-state index is 13.3. The van der Waals surface area contributed by atoms with E-state index in [9.17, 15) is 13.2 Å². The molecule has 0 radical (unpaired) electrons. The molecule has 0 bridgehead atoms. The van der Waals surface area contributed by atoms with Gasteiger partial charge < -0.3 is 10.6 Å². The number of halogens is 4. The summed E-state index contributed by atoms with van der Waals surface area (Å²) in [5.74, 6) is 0.510. The first kappa shape index (κ1) is 24.5. The highest BCUT2D eigenvalue weighted by atomic mass is 35.5. The highest BCUT2D eigenvalue weighted by Crippen LogP contribution is 2.36. The number of rotatable bonds is 9. The second-order valence-electron chi connectivity index (χ2n) is 7.66. The Hall–Kier alpha value is -3.14. The quantitative estimate of drug-likeness (QED) is 0.407. The Morgan fingerprint density at radius 3 is 2.67 bits per heavy atom. The van der Waals surface area contributed by atoms with E-state index in [4.69, 9.17) is 11.6 Å². The Balaban J connectivity index is 1.66. The first-order valence-electron chi connectivity index (χ1n) is 10.4. The summed E-state index contributed by atoms with van der Waals surface area (Å²) in [4.78, 5) is 4.20. The zero-order valence-electron chi connectivity index (χ0n) is 18.6. The fourth-order valence-electron chi connectivity index (χ4n) is 3.28. The summed E-state index contributed by atoms with van der Waals surface area (Å²) in [6.45, 7) is 8.02. The molecule has 0 atom stereocenters. The maximum absolute atomic E-state index is 13.3. The Morgan fingerprint density at radius 1 is 1.24 bits per heavy atom. The van der Waals surface area contributed by atoms with Gasteiger partial charge in [-0.25, -0.2) is 4.98 Å². The molecule has 0 spiro atoms. The van der Waals surface area contributed by atoms with Gasteiger partial charge in [-0.3, -0.25) is 4.68 Å². The van der Waals surface area contributed by atoms with Crippen molar-refractivity contribution in [1.29, 1.82) is 0 Å². The maximum Gasteiger partial charge on any atom is 0.435 e. The number of aromatic nitrogens is 5. The summed E-state index contributed by atoms with van der Waals surface area (Å²) in [6.07, 6.45) is 1.24. The minimum absolute atomic E-state index is 0.102. The predicted molar refractivity (Wildman–Crippen MR) is 121 cm³/mol. The SMILES string of the molecule is C=C(NCc1cc(C)c(-c2cn(C)nc2C(F)(F)F)nn1)Nc1cnc(Cl)c(CCCC)c1. The zero-order chi connectivity index (χ0) is 24.2. The van der Waals surface area contributed by atoms with Crippen molar-refractivity contribution in [3.05, 3.63) is 64.6 Å². The second-order valence-corrected chi connectivity index (χ2v) is 8.02. The molecule has 7 nitrogen and oxygen atoms in total. The topological polar surface area (TPSA) is 80.5 Å². The summed E-state index contributed by atoms with van der Waals surface area (Å²) in [5, 5.41) is 18.3. The van der Waals surface area contributed by atoms with Crippen LogP contribution < -0.4 is 10.6 Å². The van der Waals surface area contributed by atoms with Crippen LogP contribution in [0, 0.1) is 6.92 Å². The lowest BCUT2D eigenvalue weighted by atomic mass is 10.1. The van der Waals surface area contributed by atoms with Crippen molar-refractivity contribution in [3.63, 3.8) is 0 Å². The number of hydrogen-bond donors (Lipinski definition) is 2. The monoisotopic (exact) mass is 479 g/mol. The highest BCUT2D eigenvalue weighted by molar-refractivity contribution is 6.30. The number of pyridine rings is 1. The molecule has 0 aliphatic carbocycles. The average molecular weight is 480 g/mol. The first-order valence-corrected chi connectivity index (χ1v) is 10.7. The van der Waals surface area contributed by atoms with Gasteiger partial charge in [-0.15, -0.1) is 5.10 Å². The van der Waals surface area contributed by atoms with E-state index in [0.717, 1.165) is 35.2 Å². The van der Waals surface area contributed by atoms with Crippen molar-refractivity contribution in [3.8, 4) is 11.3 Å². The van der Waals surface area contributed by atoms with E-state index in [2.05, 4.69) is 44.4 Å². The number of alkyl halides is 3. The zero-order valence-corrected chi connectivity index (χ0v) is 19.3. The molecule has 0 saturated carbocycles. The molecule has 0 aliphatic rings. The van der Waals surface area contributed by atoms with Gasteiger partial charge in [0.25, 0.3) is 0 Å². The number of nitrogens with one attached hydrogen (secondary N) is 2. The molecule has 2 N–H and O–H groups in total. The van der Waals surface area contributed by atoms with Crippen LogP contribution in [0.1, 0.15) is 42.3 Å². The van der Waals surface area contributed by atoms with Gasteiger partial charge in [0.2, 0.25) is 0 Å². The first-order chi connectivity index (χ1) is 15.6. The van der Waals surface area contributed by atoms with Crippen molar-refractivity contribution in [2.24, 2.45) is 7.05 Å². The van der Waals surface area contributed by atoms with Gasteiger partial charge in [-0.1, -0.05) is 31.5 Å². The number of nitrogens with zero attached hydrogens (tertiary/aromatic N) is 5. The Kier molecular flexibility index (Phi) is 7.57. The standard InChI is InChI=1S/C22H25ClF3N7/c1-5-6-7-15-9-16(10-28-21(15)23)29-14(3)27-11-17-8-13(2)19(31-30-17)18-12-33(4)32-20(18)22(24,25)26/h8-10,12,27,29H,3,5-7,11H2,1-2,4H3. The Labute approximate surface area is 195 Å². The van der Waals surface area contributed by atoms with Gasteiger partial charge in [-0.05, 0) is 43.0 Å². The van der Waals surface area contributed by atoms with E-state index in [0.29, 0.717) is 22.2 Å². The van der Waals surface area contributed by atoms with Crippen LogP contribution in [0.25, 0.3) is 11.3 Å². The minimum atomic E-state index is -4.58. The number of anilines is 1. The van der Waals surface area contributed by atoms with Crippen LogP contribution in [-0.4, -0.2) is 25.0 Å². The van der Waals surface area contributed by atoms with E-state index in [1.807, 2.05) is 6.07 Å². The summed E-state index contributed by atoms with van der Waals surface area (Å²) in [7, 11) is 1.43. The van der Waals surface area contributed by atoms with Crippen molar-refractivity contribution < 1.29 is 13.2 Å². The van der Waals surface area contributed by atoms with E-state index >= 15 is 0 Å². The Bertz CT molecular complexity index is 1140. The molecule has 0 amide bonds. The molecule has 176 valence electrons. The van der Waals surface area contributed by atoms with Gasteiger partial charge >= 0.3 is 6.18 Å². The average Bonchev–Trinajstić information content (AvgIpc) is 3.14. The van der Waals surface area contributed by atoms with Gasteiger partial charge in [0.15, 0.2) is 5.69 Å². The van der Waals surface area contributed by atoms with E-state index in [1.165, 1.54) is 13.2 Å². The predicted octanol–water partition coefficient (Wildman–Crippen LogP) is 5.27. The van der Waals surface area contributed by atoms with Crippen LogP contribution in [0.2, 0.25) is 5.15 Å². The van der Waals surface area contributed by atoms with Crippen LogP contribution in [0.15, 0.2) is 36.9 Å². The summed E-state index contributed by atoms with van der Waals surface area (Å²) >= 11 is 6.16. The normalized spacial score (nSPS) is 11.5. The smallest absolute Gasteiger partial charge is 0.366 e. The summed E-state index contributed by atoms with van der Waals surface area (Å²) in [6, 6.07) is 3.62. The van der Waals surface area contributed by atoms with Crippen LogP contribution in [0.4, 0.5) is 18.9 Å². The van der Waals surface area contributed by atoms with E-state index in [1.54, 1.807) is 19.2 Å². The van der Waals surface area contributed by atoms with Crippen LogP contribution in [0.3, 0.4) is 0 Å². The molecule has 33 heavy (non-hydrogen) atoms. The van der Waals surface area contributed by atoms with Crippen molar-refractivity contribution in [1.82, 2.24) is 30.3 Å². The molecule has 0 saturated heterocycles. The van der Waals surface area contributed by atoms with Gasteiger partial charge in [0.05, 0.1) is 41.2 Å². The molecule has 3 aromatic heterocycles. The van der Waals surface area contributed by atoms with Gasteiger partial charge in [-0.2, -0.15) is 23.4 Å². The van der Waals surface area contributed by atoms with Crippen LogP contribution >= 0.6 is 11.6 Å². The Morgan fingerprint density at radius 2 is 2.00 bits per heavy atom. The molecule has 0 unspecified atom stereocenters. The molecular formula is C22H25ClF3N7. The van der Waals surface area contributed by atoms with E-state index < -0.39 is 11.9 Å². The third kappa shape index (κ3) is 6.22. The lowest BCUT2D eigenvalue weighted by Crippen LogP contribution is -2.19. The molecule has 3 aromatic rings. The third-order valence-corrected chi connectivity index (χ3v) is 5.22. The molecule has 0 fully saturated rings. The number of unbranched alkanes of at least 4 members (excludes halogenated alkanes) is 1. The molecular weight excluding hydrogens is 455 g/mol. The van der Waals surface area contributed by atoms with Crippen molar-refractivity contribution in [2.45, 2.75) is 45.8 Å². The lowest BCUT2D eigenvalue weighted by molar-refractivity contribution is -0.141. The minimum Gasteiger partial charge on any atom is -0.366 e. The fraction of sp³-hybridized carbons (Fsp3) is 0.364. The molecule has 11 heteroatoms. The van der Waals surface area contributed by atoms with Crippen molar-refractivity contribution >= 4 is 17.3 Å². The third-order valence-electron chi connectivity index (χ3n) is 4.88. The summed E-state index contributed by atoms with van der Waals surface area (Å²) in [5.41, 5.74) is 1.87. The van der Waals surface area contributed by atoms with Gasteiger partial charge in [0, 0.05) is 13.2 Å². The van der Waals surface area contributed by atoms with Crippen LogP contribution in [0.5, 0.6) is 0 Å². The molecule has 3 heterocycles. The van der Waals surface area contributed by atoms with Crippen molar-refractivity contribution in [2.75, 3.05) is 5.32 Å². The lowest BCUT2D eigenvalue weighted by Gasteiger charge is -2.14. The van der Waals surface area contributed by atoms with Gasteiger partial charge in [0.1, 0.15) is 5.15 Å². The number of aryl methyl sites for hydroxylation is 3. The molecule has 3 rings (SSSR count). The highest BCUT2D eigenvalue weighted by Gasteiger charge is 2.38. The molecule has 0 aromatic carbocycles. The largest absolute Gasteiger partial charge is 0.435 e. The summed E-state index contributed by atoms with van der Waals surface area (Å²) < 4.78 is 41.0. The van der Waals surface area contributed by atoms with Crippen LogP contribution in [-0.2, 0) is 26.2 Å². The second kappa shape index (κ2) is 10.2. The number of hydrogen-bond acceptors (Lipinski definition) is 6. The van der Waals surface area contributed by atoms with E-state index in [-0.39, 0.29) is 17.8 Å².